The zero-order chi connectivity index (χ0) is 27.1. The van der Waals surface area contributed by atoms with E-state index >= 15 is 0 Å². The normalized spacial score (nSPS) is 14.7. The fourth-order valence-corrected chi connectivity index (χ4v) is 5.54. The van der Waals surface area contributed by atoms with Gasteiger partial charge < -0.3 is 15.0 Å². The molecule has 200 valence electrons. The highest BCUT2D eigenvalue weighted by atomic mass is 32.1. The molecule has 3 aromatic heterocycles. The van der Waals surface area contributed by atoms with Crippen LogP contribution in [0.15, 0.2) is 54.6 Å². The minimum Gasteiger partial charge on any atom is -0.444 e. The first-order chi connectivity index (χ1) is 18.7. The summed E-state index contributed by atoms with van der Waals surface area (Å²) in [6, 6.07) is 9.25. The molecule has 0 radical (unpaired) electrons. The molecule has 0 bridgehead atoms. The molecular formula is C28H28FN7O2S. The lowest BCUT2D eigenvalue weighted by atomic mass is 9.92. The van der Waals surface area contributed by atoms with Crippen molar-refractivity contribution in [1.82, 2.24) is 29.6 Å². The third-order valence-electron chi connectivity index (χ3n) is 6.80. The van der Waals surface area contributed by atoms with E-state index in [-0.39, 0.29) is 11.9 Å². The quantitative estimate of drug-likeness (QED) is 0.278. The maximum Gasteiger partial charge on any atom is 0.410 e. The third-order valence-corrected chi connectivity index (χ3v) is 7.63. The number of nitrogens with one attached hydrogen (secondary N) is 1. The van der Waals surface area contributed by atoms with Crippen molar-refractivity contribution >= 4 is 50.1 Å². The van der Waals surface area contributed by atoms with Crippen LogP contribution in [0.3, 0.4) is 0 Å². The number of carbonyl (C=O) groups is 1. The largest absolute Gasteiger partial charge is 0.444 e. The molecule has 11 heteroatoms. The summed E-state index contributed by atoms with van der Waals surface area (Å²) in [7, 11) is 0. The molecule has 39 heavy (non-hydrogen) atoms. The summed E-state index contributed by atoms with van der Waals surface area (Å²) in [6.45, 7) is 6.95. The summed E-state index contributed by atoms with van der Waals surface area (Å²) in [5, 5.41) is 8.49. The lowest BCUT2D eigenvalue weighted by Gasteiger charge is -2.33. The van der Waals surface area contributed by atoms with Crippen molar-refractivity contribution in [2.75, 3.05) is 18.4 Å². The smallest absolute Gasteiger partial charge is 0.410 e. The molecule has 6 rings (SSSR count). The Morgan fingerprint density at radius 1 is 1.10 bits per heavy atom. The molecular weight excluding hydrogens is 517 g/mol. The van der Waals surface area contributed by atoms with Crippen molar-refractivity contribution < 1.29 is 13.9 Å². The zero-order valence-electron chi connectivity index (χ0n) is 21.9. The van der Waals surface area contributed by atoms with E-state index in [0.717, 1.165) is 29.5 Å². The van der Waals surface area contributed by atoms with Crippen LogP contribution in [0.4, 0.5) is 20.7 Å². The highest BCUT2D eigenvalue weighted by Gasteiger charge is 2.28. The van der Waals surface area contributed by atoms with Gasteiger partial charge in [0.2, 0.25) is 0 Å². The second kappa shape index (κ2) is 9.88. The molecule has 1 fully saturated rings. The maximum atomic E-state index is 15.0. The number of rotatable bonds is 4. The van der Waals surface area contributed by atoms with Crippen LogP contribution in [0.5, 0.6) is 0 Å². The van der Waals surface area contributed by atoms with Crippen LogP contribution < -0.4 is 5.32 Å². The Hall–Kier alpha value is -4.12. The molecule has 9 nitrogen and oxygen atoms in total. The van der Waals surface area contributed by atoms with Crippen LogP contribution in [0.1, 0.15) is 45.1 Å². The number of hydrogen-bond donors (Lipinski definition) is 1. The summed E-state index contributed by atoms with van der Waals surface area (Å²) >= 11 is 1.27. The van der Waals surface area contributed by atoms with Crippen molar-refractivity contribution in [3.63, 3.8) is 0 Å². The van der Waals surface area contributed by atoms with Gasteiger partial charge in [-0.15, -0.1) is 11.3 Å². The number of amides is 1. The van der Waals surface area contributed by atoms with Crippen LogP contribution >= 0.6 is 11.3 Å². The van der Waals surface area contributed by atoms with Crippen molar-refractivity contribution in [3.8, 4) is 5.69 Å². The van der Waals surface area contributed by atoms with Gasteiger partial charge in [0.25, 0.3) is 0 Å². The summed E-state index contributed by atoms with van der Waals surface area (Å²) in [4.78, 5) is 27.1. The molecule has 1 saturated heterocycles. The Labute approximate surface area is 228 Å². The Bertz CT molecular complexity index is 1670. The predicted molar refractivity (Wildman–Crippen MR) is 149 cm³/mol. The fraction of sp³-hybridized carbons (Fsp3) is 0.321. The van der Waals surface area contributed by atoms with Gasteiger partial charge in [-0.05, 0) is 75.4 Å². The first kappa shape index (κ1) is 25.2. The molecule has 0 aliphatic carbocycles. The Morgan fingerprint density at radius 3 is 2.72 bits per heavy atom. The molecule has 1 amide bonds. The first-order valence-corrected chi connectivity index (χ1v) is 13.7. The Morgan fingerprint density at radius 2 is 1.92 bits per heavy atom. The molecule has 0 atom stereocenters. The summed E-state index contributed by atoms with van der Waals surface area (Å²) < 4.78 is 22.8. The number of hydrogen-bond acceptors (Lipinski definition) is 8. The number of aromatic nitrogens is 5. The lowest BCUT2D eigenvalue weighted by molar-refractivity contribution is 0.0205. The van der Waals surface area contributed by atoms with E-state index in [4.69, 9.17) is 4.74 Å². The number of nitrogens with zero attached hydrogens (tertiary/aromatic N) is 6. The van der Waals surface area contributed by atoms with E-state index in [1.165, 1.54) is 17.7 Å². The second-order valence-corrected chi connectivity index (χ2v) is 11.5. The van der Waals surface area contributed by atoms with Crippen molar-refractivity contribution in [2.45, 2.75) is 45.1 Å². The van der Waals surface area contributed by atoms with E-state index in [1.807, 2.05) is 56.0 Å². The van der Waals surface area contributed by atoms with E-state index in [2.05, 4.69) is 25.4 Å². The van der Waals surface area contributed by atoms with Crippen LogP contribution in [0, 0.1) is 5.82 Å². The van der Waals surface area contributed by atoms with Crippen LogP contribution in [-0.2, 0) is 4.74 Å². The van der Waals surface area contributed by atoms with Crippen molar-refractivity contribution in [1.29, 1.82) is 0 Å². The number of anilines is 2. The van der Waals surface area contributed by atoms with Gasteiger partial charge in [0.05, 0.1) is 38.8 Å². The van der Waals surface area contributed by atoms with E-state index in [0.29, 0.717) is 46.2 Å². The molecule has 2 aromatic carbocycles. The van der Waals surface area contributed by atoms with Crippen molar-refractivity contribution in [3.05, 3.63) is 65.9 Å². The van der Waals surface area contributed by atoms with Gasteiger partial charge in [-0.2, -0.15) is 5.10 Å². The molecule has 5 aromatic rings. The molecule has 4 heterocycles. The minimum atomic E-state index is -0.497. The van der Waals surface area contributed by atoms with Gasteiger partial charge >= 0.3 is 6.09 Å². The van der Waals surface area contributed by atoms with E-state index in [1.54, 1.807) is 22.5 Å². The molecule has 0 unspecified atom stereocenters. The second-order valence-electron chi connectivity index (χ2n) is 10.6. The summed E-state index contributed by atoms with van der Waals surface area (Å²) in [5.74, 6) is 0.494. The lowest BCUT2D eigenvalue weighted by Crippen LogP contribution is -2.41. The van der Waals surface area contributed by atoms with Gasteiger partial charge in [-0.3, -0.25) is 0 Å². The number of likely N-dealkylation sites (tertiary alicyclic amines) is 1. The Balaban J connectivity index is 1.18. The fourth-order valence-electron chi connectivity index (χ4n) is 4.82. The number of thiazole rings is 1. The maximum absolute atomic E-state index is 15.0. The van der Waals surface area contributed by atoms with Crippen LogP contribution in [0.25, 0.3) is 26.8 Å². The first-order valence-electron chi connectivity index (χ1n) is 12.8. The number of halogens is 1. The molecule has 0 saturated carbocycles. The highest BCUT2D eigenvalue weighted by molar-refractivity contribution is 7.16. The Kier molecular flexibility index (Phi) is 6.38. The molecule has 1 aliphatic rings. The summed E-state index contributed by atoms with van der Waals surface area (Å²) in [5.41, 5.74) is 4.82. The van der Waals surface area contributed by atoms with Crippen molar-refractivity contribution in [2.24, 2.45) is 0 Å². The number of carbonyl (C=O) groups excluding carboxylic acids is 1. The minimum absolute atomic E-state index is 0.254. The van der Waals surface area contributed by atoms with E-state index in [9.17, 15) is 9.18 Å². The van der Waals surface area contributed by atoms with E-state index < -0.39 is 5.60 Å². The van der Waals surface area contributed by atoms with Crippen LogP contribution in [-0.4, -0.2) is 54.4 Å². The van der Waals surface area contributed by atoms with Gasteiger partial charge in [0, 0.05) is 24.7 Å². The highest BCUT2D eigenvalue weighted by Crippen LogP contribution is 2.32. The van der Waals surface area contributed by atoms with Gasteiger partial charge in [0.15, 0.2) is 5.82 Å². The standard InChI is InChI=1S/C28H28FN7O2S/c1-28(2,3)38-27(37)35-10-8-17(9-11-35)18-13-33-36(14-18)19-4-5-20-23(12-19)30-15-31-26(20)34-21-6-7-22-25(24(21)29)39-16-32-22/h4-7,12-17H,8-11H2,1-3H3,(H,30,31,34). The SMILES string of the molecule is CC(C)(C)OC(=O)N1CCC(c2cnn(-c3ccc4c(Nc5ccc6ncsc6c5F)ncnc4c3)c2)CC1. The monoisotopic (exact) mass is 545 g/mol. The summed E-state index contributed by atoms with van der Waals surface area (Å²) in [6.07, 6.45) is 6.85. The third kappa shape index (κ3) is 5.14. The number of fused-ring (bicyclic) bond motifs is 2. The number of ether oxygens (including phenoxy) is 1. The average Bonchev–Trinajstić information content (AvgIpc) is 3.60. The topological polar surface area (TPSA) is 98.1 Å². The molecule has 1 aliphatic heterocycles. The number of piperidine rings is 1. The zero-order valence-corrected chi connectivity index (χ0v) is 22.7. The van der Waals surface area contributed by atoms with Gasteiger partial charge in [0.1, 0.15) is 17.7 Å². The van der Waals surface area contributed by atoms with Crippen LogP contribution in [0.2, 0.25) is 0 Å². The van der Waals surface area contributed by atoms with Gasteiger partial charge in [-0.1, -0.05) is 0 Å². The van der Waals surface area contributed by atoms with Gasteiger partial charge in [-0.25, -0.2) is 28.8 Å². The predicted octanol–water partition coefficient (Wildman–Crippen LogP) is 6.42. The molecule has 1 N–H and O–H groups in total. The number of benzene rings is 2. The molecule has 0 spiro atoms. The average molecular weight is 546 g/mol.